The lowest BCUT2D eigenvalue weighted by atomic mass is 9.95. The summed E-state index contributed by atoms with van der Waals surface area (Å²) in [6.45, 7) is 5.77. The van der Waals surface area contributed by atoms with E-state index in [0.29, 0.717) is 12.2 Å². The zero-order chi connectivity index (χ0) is 15.3. The van der Waals surface area contributed by atoms with Crippen molar-refractivity contribution in [2.75, 3.05) is 33.4 Å². The van der Waals surface area contributed by atoms with Crippen molar-refractivity contribution in [1.29, 1.82) is 5.41 Å². The fourth-order valence-corrected chi connectivity index (χ4v) is 2.69. The molecule has 0 saturated carbocycles. The molecule has 1 aromatic carbocycles. The van der Waals surface area contributed by atoms with Crippen LogP contribution < -0.4 is 10.5 Å². The number of ether oxygens (including phenoxy) is 2. The number of rotatable bonds is 6. The molecule has 0 bridgehead atoms. The molecule has 0 radical (unpaired) electrons. The molecular formula is C16H25N3O2. The van der Waals surface area contributed by atoms with Crippen LogP contribution >= 0.6 is 0 Å². The molecule has 116 valence electrons. The molecule has 1 atom stereocenters. The van der Waals surface area contributed by atoms with Crippen molar-refractivity contribution < 1.29 is 9.47 Å². The van der Waals surface area contributed by atoms with Gasteiger partial charge in [0.25, 0.3) is 0 Å². The molecule has 1 saturated heterocycles. The molecule has 1 aromatic rings. The topological polar surface area (TPSA) is 71.6 Å². The van der Waals surface area contributed by atoms with Crippen LogP contribution in [0.15, 0.2) is 24.3 Å². The summed E-state index contributed by atoms with van der Waals surface area (Å²) in [4.78, 5) is 2.39. The Bertz CT molecular complexity index is 475. The molecule has 5 heteroatoms. The minimum absolute atomic E-state index is 0.0264. The molecule has 0 aromatic heterocycles. The van der Waals surface area contributed by atoms with Gasteiger partial charge in [0.15, 0.2) is 0 Å². The molecule has 0 aliphatic carbocycles. The number of nitrogen functional groups attached to an aromatic ring is 1. The predicted molar refractivity (Wildman–Crippen MR) is 84.0 cm³/mol. The monoisotopic (exact) mass is 291 g/mol. The van der Waals surface area contributed by atoms with Gasteiger partial charge in [-0.2, -0.15) is 0 Å². The van der Waals surface area contributed by atoms with Gasteiger partial charge >= 0.3 is 0 Å². The summed E-state index contributed by atoms with van der Waals surface area (Å²) in [5.41, 5.74) is 6.11. The maximum Gasteiger partial charge on any atom is 0.122 e. The van der Waals surface area contributed by atoms with Crippen molar-refractivity contribution in [3.05, 3.63) is 29.8 Å². The largest absolute Gasteiger partial charge is 0.492 e. The maximum atomic E-state index is 7.35. The Kier molecular flexibility index (Phi) is 5.20. The van der Waals surface area contributed by atoms with Gasteiger partial charge in [-0.3, -0.25) is 10.3 Å². The standard InChI is InChI=1S/C16H25N3O2/c1-16(20-2)8-3-9-19(12-16)10-11-21-14-6-4-13(5-7-14)15(17)18/h4-7H,3,8-12H2,1-2H3,(H3,17,18). The summed E-state index contributed by atoms with van der Waals surface area (Å²) >= 11 is 0. The molecular weight excluding hydrogens is 266 g/mol. The molecule has 1 aliphatic heterocycles. The van der Waals surface area contributed by atoms with Crippen molar-refractivity contribution in [3.8, 4) is 5.75 Å². The van der Waals surface area contributed by atoms with Crippen LogP contribution in [0.3, 0.4) is 0 Å². The minimum atomic E-state index is -0.0264. The van der Waals surface area contributed by atoms with E-state index in [-0.39, 0.29) is 11.4 Å². The highest BCUT2D eigenvalue weighted by Crippen LogP contribution is 2.23. The average Bonchev–Trinajstić information content (AvgIpc) is 2.48. The SMILES string of the molecule is COC1(C)CCCN(CCOc2ccc(C(=N)N)cc2)C1. The Balaban J connectivity index is 1.77. The number of nitrogens with two attached hydrogens (primary N) is 1. The smallest absolute Gasteiger partial charge is 0.122 e. The summed E-state index contributed by atoms with van der Waals surface area (Å²) in [5.74, 6) is 0.889. The first-order chi connectivity index (χ1) is 10.0. The normalized spacial score (nSPS) is 23.0. The van der Waals surface area contributed by atoms with Crippen molar-refractivity contribution in [3.63, 3.8) is 0 Å². The van der Waals surface area contributed by atoms with E-state index in [2.05, 4.69) is 11.8 Å². The number of hydrogen-bond donors (Lipinski definition) is 2. The van der Waals surface area contributed by atoms with E-state index in [0.717, 1.165) is 38.2 Å². The fourth-order valence-electron chi connectivity index (χ4n) is 2.69. The maximum absolute atomic E-state index is 7.35. The van der Waals surface area contributed by atoms with E-state index in [1.165, 1.54) is 0 Å². The zero-order valence-corrected chi connectivity index (χ0v) is 12.9. The van der Waals surface area contributed by atoms with Crippen LogP contribution in [0.5, 0.6) is 5.75 Å². The van der Waals surface area contributed by atoms with Crippen LogP contribution in [0.2, 0.25) is 0 Å². The van der Waals surface area contributed by atoms with E-state index < -0.39 is 0 Å². The van der Waals surface area contributed by atoms with Gasteiger partial charge in [-0.25, -0.2) is 0 Å². The van der Waals surface area contributed by atoms with Gasteiger partial charge < -0.3 is 15.2 Å². The van der Waals surface area contributed by atoms with Gasteiger partial charge in [-0.05, 0) is 50.6 Å². The number of amidine groups is 1. The van der Waals surface area contributed by atoms with Crippen LogP contribution in [0, 0.1) is 5.41 Å². The van der Waals surface area contributed by atoms with Crippen LogP contribution in [0.4, 0.5) is 0 Å². The van der Waals surface area contributed by atoms with Crippen LogP contribution in [-0.4, -0.2) is 49.7 Å². The zero-order valence-electron chi connectivity index (χ0n) is 12.9. The summed E-state index contributed by atoms with van der Waals surface area (Å²) in [6.07, 6.45) is 2.28. The van der Waals surface area contributed by atoms with Gasteiger partial charge in [0.1, 0.15) is 18.2 Å². The third kappa shape index (κ3) is 4.44. The second-order valence-electron chi connectivity index (χ2n) is 5.82. The molecule has 0 amide bonds. The highest BCUT2D eigenvalue weighted by molar-refractivity contribution is 5.94. The van der Waals surface area contributed by atoms with Crippen molar-refractivity contribution in [2.24, 2.45) is 5.73 Å². The summed E-state index contributed by atoms with van der Waals surface area (Å²) in [6, 6.07) is 7.32. The Labute approximate surface area is 126 Å². The van der Waals surface area contributed by atoms with E-state index in [4.69, 9.17) is 20.6 Å². The number of piperidine rings is 1. The van der Waals surface area contributed by atoms with E-state index in [1.807, 2.05) is 12.1 Å². The summed E-state index contributed by atoms with van der Waals surface area (Å²) < 4.78 is 11.3. The van der Waals surface area contributed by atoms with Gasteiger partial charge in [0, 0.05) is 25.8 Å². The minimum Gasteiger partial charge on any atom is -0.492 e. The Morgan fingerprint density at radius 3 is 2.71 bits per heavy atom. The third-order valence-electron chi connectivity index (χ3n) is 4.07. The lowest BCUT2D eigenvalue weighted by Crippen LogP contribution is -2.48. The number of nitrogens with one attached hydrogen (secondary N) is 1. The van der Waals surface area contributed by atoms with E-state index in [9.17, 15) is 0 Å². The van der Waals surface area contributed by atoms with Gasteiger partial charge in [0.2, 0.25) is 0 Å². The lowest BCUT2D eigenvalue weighted by molar-refractivity contribution is -0.0524. The molecule has 1 fully saturated rings. The number of benzene rings is 1. The van der Waals surface area contributed by atoms with Gasteiger partial charge in [0.05, 0.1) is 5.60 Å². The Morgan fingerprint density at radius 2 is 2.10 bits per heavy atom. The molecule has 1 heterocycles. The third-order valence-corrected chi connectivity index (χ3v) is 4.07. The first kappa shape index (κ1) is 15.8. The van der Waals surface area contributed by atoms with Crippen LogP contribution in [-0.2, 0) is 4.74 Å². The number of hydrogen-bond acceptors (Lipinski definition) is 4. The van der Waals surface area contributed by atoms with Gasteiger partial charge in [-0.1, -0.05) is 0 Å². The molecule has 1 aliphatic rings. The molecule has 2 rings (SSSR count). The Hall–Kier alpha value is -1.59. The number of likely N-dealkylation sites (tertiary alicyclic amines) is 1. The first-order valence-corrected chi connectivity index (χ1v) is 7.37. The van der Waals surface area contributed by atoms with Crippen LogP contribution in [0.1, 0.15) is 25.3 Å². The molecule has 0 spiro atoms. The Morgan fingerprint density at radius 1 is 1.38 bits per heavy atom. The fraction of sp³-hybridized carbons (Fsp3) is 0.562. The van der Waals surface area contributed by atoms with E-state index in [1.54, 1.807) is 19.2 Å². The quantitative estimate of drug-likeness (QED) is 0.620. The molecule has 21 heavy (non-hydrogen) atoms. The van der Waals surface area contributed by atoms with Crippen molar-refractivity contribution in [1.82, 2.24) is 4.90 Å². The second-order valence-corrected chi connectivity index (χ2v) is 5.82. The first-order valence-electron chi connectivity index (χ1n) is 7.37. The van der Waals surface area contributed by atoms with Gasteiger partial charge in [-0.15, -0.1) is 0 Å². The highest BCUT2D eigenvalue weighted by Gasteiger charge is 2.30. The average molecular weight is 291 g/mol. The van der Waals surface area contributed by atoms with Crippen molar-refractivity contribution >= 4 is 5.84 Å². The predicted octanol–water partition coefficient (Wildman–Crippen LogP) is 1.85. The molecule has 5 nitrogen and oxygen atoms in total. The molecule has 1 unspecified atom stereocenters. The highest BCUT2D eigenvalue weighted by atomic mass is 16.5. The number of methoxy groups -OCH3 is 1. The second kappa shape index (κ2) is 6.91. The summed E-state index contributed by atoms with van der Waals surface area (Å²) in [7, 11) is 1.79. The van der Waals surface area contributed by atoms with Crippen molar-refractivity contribution in [2.45, 2.75) is 25.4 Å². The summed E-state index contributed by atoms with van der Waals surface area (Å²) in [5, 5.41) is 7.35. The lowest BCUT2D eigenvalue weighted by Gasteiger charge is -2.39. The van der Waals surface area contributed by atoms with E-state index >= 15 is 0 Å². The van der Waals surface area contributed by atoms with Crippen LogP contribution in [0.25, 0.3) is 0 Å². The number of nitrogens with zero attached hydrogens (tertiary/aromatic N) is 1. The molecule has 3 N–H and O–H groups in total.